The van der Waals surface area contributed by atoms with Crippen LogP contribution >= 0.6 is 15.9 Å². The maximum absolute atomic E-state index is 11.7. The Morgan fingerprint density at radius 3 is 2.82 bits per heavy atom. The number of anilines is 1. The first kappa shape index (κ1) is 15.9. The van der Waals surface area contributed by atoms with Gasteiger partial charge in [0.05, 0.1) is 21.5 Å². The lowest BCUT2D eigenvalue weighted by Gasteiger charge is -2.16. The second-order valence-corrected chi connectivity index (χ2v) is 4.85. The molecule has 0 aliphatic carbocycles. The molecule has 0 saturated carbocycles. The summed E-state index contributed by atoms with van der Waals surface area (Å²) < 4.78 is 4.89. The van der Waals surface area contributed by atoms with Crippen LogP contribution < -0.4 is 10.9 Å². The van der Waals surface area contributed by atoms with Gasteiger partial charge in [0, 0.05) is 11.5 Å². The Kier molecular flexibility index (Phi) is 4.37. The fraction of sp³-hybridized carbons (Fsp3) is 0.182. The van der Waals surface area contributed by atoms with Crippen molar-refractivity contribution in [2.75, 3.05) is 11.6 Å². The third-order valence-electron chi connectivity index (χ3n) is 2.62. The van der Waals surface area contributed by atoms with Crippen molar-refractivity contribution < 1.29 is 19.6 Å². The highest BCUT2D eigenvalue weighted by Crippen LogP contribution is 2.33. The maximum Gasteiger partial charge on any atom is 0.430 e. The van der Waals surface area contributed by atoms with E-state index in [1.165, 1.54) is 6.07 Å². The van der Waals surface area contributed by atoms with E-state index in [0.717, 1.165) is 6.07 Å². The number of hydrazine groups is 1. The smallest absolute Gasteiger partial charge is 0.430 e. The molecule has 22 heavy (non-hydrogen) atoms. The van der Waals surface area contributed by atoms with Gasteiger partial charge in [-0.3, -0.25) is 10.1 Å². The molecular formula is C11H10BrN5O5. The first-order valence-corrected chi connectivity index (χ1v) is 6.70. The molecule has 0 aliphatic heterocycles. The minimum absolute atomic E-state index is 0.0529. The molecule has 0 spiro atoms. The Morgan fingerprint density at radius 1 is 1.55 bits per heavy atom. The topological polar surface area (TPSA) is 145 Å². The average Bonchev–Trinajstić information content (AvgIpc) is 2.45. The van der Waals surface area contributed by atoms with E-state index in [9.17, 15) is 20.0 Å². The Morgan fingerprint density at radius 2 is 2.23 bits per heavy atom. The first-order valence-electron chi connectivity index (χ1n) is 5.91. The Bertz CT molecular complexity index is 768. The van der Waals surface area contributed by atoms with Gasteiger partial charge in [-0.15, -0.1) is 0 Å². The number of halogens is 1. The predicted molar refractivity (Wildman–Crippen MR) is 79.2 cm³/mol. The molecule has 0 aliphatic rings. The fourth-order valence-corrected chi connectivity index (χ4v) is 2.20. The van der Waals surface area contributed by atoms with E-state index in [-0.39, 0.29) is 33.5 Å². The van der Waals surface area contributed by atoms with Crippen LogP contribution in [0.25, 0.3) is 10.9 Å². The number of benzene rings is 1. The van der Waals surface area contributed by atoms with Crippen molar-refractivity contribution in [1.82, 2.24) is 9.97 Å². The number of amides is 1. The van der Waals surface area contributed by atoms with E-state index in [1.54, 1.807) is 6.92 Å². The summed E-state index contributed by atoms with van der Waals surface area (Å²) in [5.74, 6) is 5.47. The number of aromatic hydroxyl groups is 1. The van der Waals surface area contributed by atoms with Crippen LogP contribution in [0.15, 0.2) is 16.6 Å². The zero-order valence-electron chi connectivity index (χ0n) is 11.2. The normalized spacial score (nSPS) is 10.5. The number of rotatable bonds is 3. The Balaban J connectivity index is 2.67. The molecule has 0 radical (unpaired) electrons. The van der Waals surface area contributed by atoms with E-state index in [0.29, 0.717) is 5.01 Å². The zero-order valence-corrected chi connectivity index (χ0v) is 12.8. The van der Waals surface area contributed by atoms with Crippen LogP contribution in [0.5, 0.6) is 6.01 Å². The lowest BCUT2D eigenvalue weighted by atomic mass is 10.2. The first-order chi connectivity index (χ1) is 10.3. The number of hydrogen-bond acceptors (Lipinski definition) is 8. The van der Waals surface area contributed by atoms with Crippen molar-refractivity contribution >= 4 is 44.4 Å². The monoisotopic (exact) mass is 371 g/mol. The summed E-state index contributed by atoms with van der Waals surface area (Å²) in [6.45, 7) is 1.69. The van der Waals surface area contributed by atoms with Crippen molar-refractivity contribution in [3.05, 3.63) is 26.7 Å². The van der Waals surface area contributed by atoms with Crippen LogP contribution in [-0.4, -0.2) is 32.7 Å². The van der Waals surface area contributed by atoms with Crippen molar-refractivity contribution in [1.29, 1.82) is 0 Å². The number of nitro groups is 1. The molecule has 11 heteroatoms. The zero-order chi connectivity index (χ0) is 16.4. The molecule has 0 unspecified atom stereocenters. The van der Waals surface area contributed by atoms with Gasteiger partial charge in [0.15, 0.2) is 5.82 Å². The van der Waals surface area contributed by atoms with Crippen molar-refractivity contribution in [2.45, 2.75) is 6.92 Å². The number of ether oxygens (including phenoxy) is 1. The van der Waals surface area contributed by atoms with Crippen LogP contribution in [0.3, 0.4) is 0 Å². The number of nitrogens with zero attached hydrogens (tertiary/aromatic N) is 4. The lowest BCUT2D eigenvalue weighted by Crippen LogP contribution is -2.38. The summed E-state index contributed by atoms with van der Waals surface area (Å²) in [5.41, 5.74) is -0.201. The molecule has 1 aromatic carbocycles. The van der Waals surface area contributed by atoms with E-state index in [1.807, 2.05) is 0 Å². The minimum atomic E-state index is -0.892. The quantitative estimate of drug-likeness (QED) is 0.359. The molecule has 116 valence electrons. The van der Waals surface area contributed by atoms with E-state index in [4.69, 9.17) is 10.6 Å². The number of hydrogen-bond donors (Lipinski definition) is 2. The van der Waals surface area contributed by atoms with Crippen LogP contribution in [0, 0.1) is 10.1 Å². The van der Waals surface area contributed by atoms with Crippen LogP contribution in [0.2, 0.25) is 0 Å². The van der Waals surface area contributed by atoms with Gasteiger partial charge in [0.25, 0.3) is 5.69 Å². The molecule has 10 nitrogen and oxygen atoms in total. The standard InChI is InChI=1S/C11H10BrN5O5/c1-2-22-11(19)16(13)9-5-3-6(12)8(17(20)21)4-7(5)14-10(18)15-9/h3-4H,2,13H2,1H3,(H,14,15,18). The number of aromatic nitrogens is 2. The Labute approximate surface area is 131 Å². The molecule has 0 saturated heterocycles. The second kappa shape index (κ2) is 6.07. The summed E-state index contributed by atoms with van der Waals surface area (Å²) in [5, 5.41) is 21.3. The minimum Gasteiger partial charge on any atom is -0.479 e. The maximum atomic E-state index is 11.7. The Hall–Kier alpha value is -2.53. The average molecular weight is 372 g/mol. The third kappa shape index (κ3) is 2.89. The molecule has 3 N–H and O–H groups in total. The number of nitro benzene ring substituents is 1. The molecule has 0 fully saturated rings. The van der Waals surface area contributed by atoms with Gasteiger partial charge in [-0.25, -0.2) is 10.6 Å². The van der Waals surface area contributed by atoms with Crippen LogP contribution in [0.1, 0.15) is 6.92 Å². The summed E-state index contributed by atoms with van der Waals surface area (Å²) >= 11 is 3.05. The fourth-order valence-electron chi connectivity index (χ4n) is 1.71. The van der Waals surface area contributed by atoms with E-state index < -0.39 is 17.0 Å². The number of nitrogens with two attached hydrogens (primary N) is 1. The molecule has 2 aromatic rings. The van der Waals surface area contributed by atoms with Gasteiger partial charge in [0.2, 0.25) is 0 Å². The third-order valence-corrected chi connectivity index (χ3v) is 3.26. The van der Waals surface area contributed by atoms with Crippen molar-refractivity contribution in [3.8, 4) is 6.01 Å². The number of carbonyl (C=O) groups is 1. The highest BCUT2D eigenvalue weighted by Gasteiger charge is 2.22. The molecule has 0 atom stereocenters. The number of fused-ring (bicyclic) bond motifs is 1. The molecule has 0 bridgehead atoms. The summed E-state index contributed by atoms with van der Waals surface area (Å²) in [6.07, 6.45) is -0.892. The highest BCUT2D eigenvalue weighted by molar-refractivity contribution is 9.10. The van der Waals surface area contributed by atoms with Gasteiger partial charge >= 0.3 is 12.1 Å². The molecule has 1 amide bonds. The lowest BCUT2D eigenvalue weighted by molar-refractivity contribution is -0.385. The second-order valence-electron chi connectivity index (χ2n) is 3.99. The van der Waals surface area contributed by atoms with Gasteiger partial charge in [0.1, 0.15) is 0 Å². The van der Waals surface area contributed by atoms with Gasteiger partial charge in [-0.05, 0) is 28.9 Å². The predicted octanol–water partition coefficient (Wildman–Crippen LogP) is 1.84. The van der Waals surface area contributed by atoms with Crippen LogP contribution in [0.4, 0.5) is 16.3 Å². The van der Waals surface area contributed by atoms with Gasteiger partial charge in [-0.1, -0.05) is 0 Å². The number of carbonyl (C=O) groups excluding carboxylic acids is 1. The van der Waals surface area contributed by atoms with E-state index in [2.05, 4.69) is 25.9 Å². The summed E-state index contributed by atoms with van der Waals surface area (Å²) in [4.78, 5) is 29.3. The van der Waals surface area contributed by atoms with Crippen LogP contribution in [-0.2, 0) is 4.74 Å². The molecule has 1 aromatic heterocycles. The summed E-state index contributed by atoms with van der Waals surface area (Å²) in [6, 6.07) is 1.78. The van der Waals surface area contributed by atoms with E-state index >= 15 is 0 Å². The van der Waals surface area contributed by atoms with Crippen molar-refractivity contribution in [3.63, 3.8) is 0 Å². The summed E-state index contributed by atoms with van der Waals surface area (Å²) in [7, 11) is 0. The molecule has 1 heterocycles. The molecule has 2 rings (SSSR count). The van der Waals surface area contributed by atoms with Gasteiger partial charge in [-0.2, -0.15) is 15.0 Å². The van der Waals surface area contributed by atoms with Crippen molar-refractivity contribution in [2.24, 2.45) is 5.84 Å². The molecular weight excluding hydrogens is 362 g/mol. The highest BCUT2D eigenvalue weighted by atomic mass is 79.9. The van der Waals surface area contributed by atoms with Gasteiger partial charge < -0.3 is 9.84 Å². The SMILES string of the molecule is CCOC(=O)N(N)c1nc(O)nc2cc([N+](=O)[O-])c(Br)cc12. The largest absolute Gasteiger partial charge is 0.479 e.